The highest BCUT2D eigenvalue weighted by Crippen LogP contribution is 2.27. The lowest BCUT2D eigenvalue weighted by atomic mass is 10.1. The Bertz CT molecular complexity index is 315. The van der Waals surface area contributed by atoms with Crippen molar-refractivity contribution in [2.24, 2.45) is 0 Å². The lowest BCUT2D eigenvalue weighted by Gasteiger charge is -2.01. The first-order chi connectivity index (χ1) is 5.29. The summed E-state index contributed by atoms with van der Waals surface area (Å²) in [6, 6.07) is 5.93. The first-order valence-electron chi connectivity index (χ1n) is 3.59. The molecular weight excluding hydrogens is 136 g/mol. The number of nitrogen functional groups attached to an aromatic ring is 1. The molecular formula is C9H10N2. The molecule has 3 N–H and O–H groups in total. The van der Waals surface area contributed by atoms with Gasteiger partial charge in [0.1, 0.15) is 0 Å². The van der Waals surface area contributed by atoms with Crippen LogP contribution in [0.3, 0.4) is 0 Å². The van der Waals surface area contributed by atoms with Crippen molar-refractivity contribution in [1.29, 1.82) is 0 Å². The molecule has 2 heteroatoms. The zero-order chi connectivity index (χ0) is 7.84. The van der Waals surface area contributed by atoms with Crippen molar-refractivity contribution >= 4 is 11.4 Å². The van der Waals surface area contributed by atoms with Crippen molar-refractivity contribution in [3.8, 4) is 0 Å². The van der Waals surface area contributed by atoms with Gasteiger partial charge in [-0.25, -0.2) is 0 Å². The molecule has 56 valence electrons. The molecule has 0 radical (unpaired) electrons. The van der Waals surface area contributed by atoms with Crippen LogP contribution in [0.25, 0.3) is 5.70 Å². The van der Waals surface area contributed by atoms with Gasteiger partial charge < -0.3 is 11.1 Å². The minimum atomic E-state index is 0.817. The summed E-state index contributed by atoms with van der Waals surface area (Å²) >= 11 is 0. The Hall–Kier alpha value is -1.44. The Balaban J connectivity index is 2.68. The molecule has 0 atom stereocenters. The van der Waals surface area contributed by atoms with Crippen LogP contribution in [-0.4, -0.2) is 0 Å². The average molecular weight is 146 g/mol. The Morgan fingerprint density at radius 2 is 2.27 bits per heavy atom. The summed E-state index contributed by atoms with van der Waals surface area (Å²) in [5.41, 5.74) is 9.86. The average Bonchev–Trinajstić information content (AvgIpc) is 2.34. The first kappa shape index (κ1) is 6.28. The van der Waals surface area contributed by atoms with Gasteiger partial charge in [0.25, 0.3) is 0 Å². The molecule has 0 aromatic heterocycles. The number of anilines is 1. The zero-order valence-electron chi connectivity index (χ0n) is 6.22. The van der Waals surface area contributed by atoms with E-state index in [-0.39, 0.29) is 0 Å². The van der Waals surface area contributed by atoms with E-state index < -0.39 is 0 Å². The highest BCUT2D eigenvalue weighted by molar-refractivity contribution is 5.77. The summed E-state index contributed by atoms with van der Waals surface area (Å²) < 4.78 is 0. The van der Waals surface area contributed by atoms with E-state index in [1.807, 2.05) is 12.1 Å². The van der Waals surface area contributed by atoms with Gasteiger partial charge in [-0.1, -0.05) is 18.7 Å². The molecule has 0 unspecified atom stereocenters. The van der Waals surface area contributed by atoms with E-state index >= 15 is 0 Å². The van der Waals surface area contributed by atoms with Crippen LogP contribution in [0.4, 0.5) is 5.69 Å². The number of fused-ring (bicyclic) bond motifs is 1. The van der Waals surface area contributed by atoms with Gasteiger partial charge in [0.2, 0.25) is 0 Å². The molecule has 2 nitrogen and oxygen atoms in total. The maximum Gasteiger partial charge on any atom is 0.0411 e. The van der Waals surface area contributed by atoms with Crippen molar-refractivity contribution in [3.63, 3.8) is 0 Å². The minimum absolute atomic E-state index is 0.817. The lowest BCUT2D eigenvalue weighted by Crippen LogP contribution is -1.99. The van der Waals surface area contributed by atoms with Crippen LogP contribution in [0.1, 0.15) is 11.1 Å². The number of nitrogens with one attached hydrogen (secondary N) is 1. The monoisotopic (exact) mass is 146 g/mol. The Morgan fingerprint density at radius 3 is 3.00 bits per heavy atom. The Labute approximate surface area is 65.7 Å². The number of hydrogen-bond acceptors (Lipinski definition) is 2. The van der Waals surface area contributed by atoms with Gasteiger partial charge in [-0.15, -0.1) is 0 Å². The molecule has 0 saturated carbocycles. The third-order valence-electron chi connectivity index (χ3n) is 1.98. The van der Waals surface area contributed by atoms with Crippen LogP contribution >= 0.6 is 0 Å². The van der Waals surface area contributed by atoms with Gasteiger partial charge in [-0.2, -0.15) is 0 Å². The zero-order valence-corrected chi connectivity index (χ0v) is 6.22. The van der Waals surface area contributed by atoms with Gasteiger partial charge in [0.15, 0.2) is 0 Å². The molecule has 0 bridgehead atoms. The van der Waals surface area contributed by atoms with Crippen molar-refractivity contribution in [2.75, 3.05) is 5.73 Å². The molecule has 1 aromatic carbocycles. The highest BCUT2D eigenvalue weighted by atomic mass is 14.9. The molecule has 1 heterocycles. The summed E-state index contributed by atoms with van der Waals surface area (Å²) in [7, 11) is 0. The van der Waals surface area contributed by atoms with Gasteiger partial charge in [-0.3, -0.25) is 0 Å². The molecule has 2 rings (SSSR count). The summed E-state index contributed by atoms with van der Waals surface area (Å²) in [6.45, 7) is 4.73. The summed E-state index contributed by atoms with van der Waals surface area (Å²) in [4.78, 5) is 0. The molecule has 1 aromatic rings. The number of benzene rings is 1. The second kappa shape index (κ2) is 2.02. The topological polar surface area (TPSA) is 38.0 Å². The van der Waals surface area contributed by atoms with Gasteiger partial charge in [-0.05, 0) is 11.6 Å². The third kappa shape index (κ3) is 0.792. The van der Waals surface area contributed by atoms with Crippen LogP contribution in [0.2, 0.25) is 0 Å². The molecule has 0 spiro atoms. The van der Waals surface area contributed by atoms with E-state index in [4.69, 9.17) is 5.73 Å². The van der Waals surface area contributed by atoms with Gasteiger partial charge >= 0.3 is 0 Å². The normalized spacial score (nSPS) is 14.4. The first-order valence-corrected chi connectivity index (χ1v) is 3.59. The fourth-order valence-corrected chi connectivity index (χ4v) is 1.43. The summed E-state index contributed by atoms with van der Waals surface area (Å²) in [6.07, 6.45) is 0. The van der Waals surface area contributed by atoms with Crippen LogP contribution < -0.4 is 11.1 Å². The fourth-order valence-electron chi connectivity index (χ4n) is 1.43. The molecule has 0 aliphatic carbocycles. The van der Waals surface area contributed by atoms with Gasteiger partial charge in [0.05, 0.1) is 0 Å². The van der Waals surface area contributed by atoms with Crippen LogP contribution in [0.15, 0.2) is 24.8 Å². The second-order valence-electron chi connectivity index (χ2n) is 2.71. The van der Waals surface area contributed by atoms with Crippen molar-refractivity contribution in [2.45, 2.75) is 6.54 Å². The van der Waals surface area contributed by atoms with Gasteiger partial charge in [0, 0.05) is 23.5 Å². The molecule has 1 aliphatic heterocycles. The van der Waals surface area contributed by atoms with Crippen LogP contribution in [-0.2, 0) is 6.54 Å². The summed E-state index contributed by atoms with van der Waals surface area (Å²) in [5, 5.41) is 3.15. The van der Waals surface area contributed by atoms with Crippen LogP contribution in [0.5, 0.6) is 0 Å². The SMILES string of the molecule is C=C1NCc2cccc(N)c21. The Kier molecular flexibility index (Phi) is 1.15. The van der Waals surface area contributed by atoms with E-state index in [9.17, 15) is 0 Å². The van der Waals surface area contributed by atoms with E-state index in [0.717, 1.165) is 23.5 Å². The maximum atomic E-state index is 5.76. The number of rotatable bonds is 0. The third-order valence-corrected chi connectivity index (χ3v) is 1.98. The second-order valence-corrected chi connectivity index (χ2v) is 2.71. The maximum absolute atomic E-state index is 5.76. The van der Waals surface area contributed by atoms with E-state index in [0.29, 0.717) is 0 Å². The van der Waals surface area contributed by atoms with E-state index in [1.54, 1.807) is 0 Å². The van der Waals surface area contributed by atoms with Crippen molar-refractivity contribution in [1.82, 2.24) is 5.32 Å². The number of nitrogens with two attached hydrogens (primary N) is 1. The predicted octanol–water partition coefficient (Wildman–Crippen LogP) is 1.34. The van der Waals surface area contributed by atoms with E-state index in [2.05, 4.69) is 18.0 Å². The summed E-state index contributed by atoms with van der Waals surface area (Å²) in [5.74, 6) is 0. The van der Waals surface area contributed by atoms with Crippen molar-refractivity contribution < 1.29 is 0 Å². The predicted molar refractivity (Wildman–Crippen MR) is 46.7 cm³/mol. The Morgan fingerprint density at radius 1 is 1.45 bits per heavy atom. The lowest BCUT2D eigenvalue weighted by molar-refractivity contribution is 0.946. The largest absolute Gasteiger partial charge is 0.398 e. The number of hydrogen-bond donors (Lipinski definition) is 2. The van der Waals surface area contributed by atoms with Crippen LogP contribution in [0, 0.1) is 0 Å². The molecule has 0 fully saturated rings. The molecule has 11 heavy (non-hydrogen) atoms. The quantitative estimate of drug-likeness (QED) is 0.542. The van der Waals surface area contributed by atoms with Crippen molar-refractivity contribution in [3.05, 3.63) is 35.9 Å². The minimum Gasteiger partial charge on any atom is -0.398 e. The van der Waals surface area contributed by atoms with E-state index in [1.165, 1.54) is 5.56 Å². The molecule has 0 saturated heterocycles. The highest BCUT2D eigenvalue weighted by Gasteiger charge is 2.14. The molecule has 0 amide bonds. The fraction of sp³-hybridized carbons (Fsp3) is 0.111. The standard InChI is InChI=1S/C9H10N2/c1-6-9-7(5-11-6)3-2-4-8(9)10/h2-4,11H,1,5,10H2. The smallest absolute Gasteiger partial charge is 0.0411 e. The molecule has 1 aliphatic rings.